The second-order valence-corrected chi connectivity index (χ2v) is 17.6. The Morgan fingerprint density at radius 2 is 1.38 bits per heavy atom. The number of rotatable bonds is 10. The minimum absolute atomic E-state index is 0.00948. The first-order chi connectivity index (χ1) is 22.2. The van der Waals surface area contributed by atoms with E-state index in [4.69, 9.17) is 19.7 Å². The number of hydrogen-bond acceptors (Lipinski definition) is 7. The molecule has 0 aromatic rings. The summed E-state index contributed by atoms with van der Waals surface area (Å²) in [5.41, 5.74) is -0.530. The monoisotopic (exact) mass is 672 g/mol. The van der Waals surface area contributed by atoms with Gasteiger partial charge in [-0.05, 0) is 104 Å². The summed E-state index contributed by atoms with van der Waals surface area (Å²) in [6.07, 6.45) is 8.52. The third kappa shape index (κ3) is 5.86. The molecule has 0 amide bonds. The Kier molecular flexibility index (Phi) is 9.43. The van der Waals surface area contributed by atoms with Crippen molar-refractivity contribution in [3.63, 3.8) is 0 Å². The predicted octanol–water partition coefficient (Wildman–Crippen LogP) is 7.04. The molecule has 0 heterocycles. The first-order valence-electron chi connectivity index (χ1n) is 18.0. The highest BCUT2D eigenvalue weighted by molar-refractivity contribution is 5.78. The Labute approximate surface area is 284 Å². The molecule has 268 valence electrons. The lowest BCUT2D eigenvalue weighted by Gasteiger charge is -2.71. The van der Waals surface area contributed by atoms with Crippen molar-refractivity contribution in [3.8, 4) is 0 Å². The van der Waals surface area contributed by atoms with Crippen molar-refractivity contribution < 1.29 is 48.8 Å². The van der Waals surface area contributed by atoms with Gasteiger partial charge in [0.25, 0.3) is 0 Å². The highest BCUT2D eigenvalue weighted by Gasteiger charge is 2.70. The van der Waals surface area contributed by atoms with Crippen molar-refractivity contribution in [1.82, 2.24) is 0 Å². The fourth-order valence-corrected chi connectivity index (χ4v) is 11.8. The fraction of sp³-hybridized carbons (Fsp3) is 0.816. The van der Waals surface area contributed by atoms with Crippen LogP contribution < -0.4 is 0 Å². The number of carboxylic acid groups (broad SMARTS) is 3. The van der Waals surface area contributed by atoms with Gasteiger partial charge in [-0.3, -0.25) is 24.0 Å². The Hall–Kier alpha value is -2.91. The van der Waals surface area contributed by atoms with Crippen LogP contribution in [0, 0.1) is 50.2 Å². The standard InChI is InChI=1S/C38H56O10/c1-33(2)17-19-38(32(45)46)20-18-36(5)23(24(38)21-33)7-8-26-34(3)15-14-27(48-31(44)12-10-29(41)42)35(4,25(34)13-16-37(26,36)6)22-47-30(43)11-9-28(39)40/h7,24-27H,8-22H2,1-6H3,(H,39,40)(H,41,42)(H,45,46)/t24-,25+,26+,27-,34-,35?,36+,37+,38-/m0/s1. The van der Waals surface area contributed by atoms with Gasteiger partial charge >= 0.3 is 29.8 Å². The summed E-state index contributed by atoms with van der Waals surface area (Å²) in [5, 5.41) is 28.9. The number of esters is 2. The van der Waals surface area contributed by atoms with E-state index in [1.54, 1.807) is 0 Å². The number of carbonyl (C=O) groups is 5. The van der Waals surface area contributed by atoms with Crippen molar-refractivity contribution in [3.05, 3.63) is 11.6 Å². The lowest BCUT2D eigenvalue weighted by Crippen LogP contribution is -2.66. The molecule has 0 aliphatic heterocycles. The number of aliphatic carboxylic acids is 3. The van der Waals surface area contributed by atoms with Crippen LogP contribution in [-0.4, -0.2) is 57.9 Å². The molecule has 10 nitrogen and oxygen atoms in total. The van der Waals surface area contributed by atoms with Gasteiger partial charge in [-0.15, -0.1) is 0 Å². The summed E-state index contributed by atoms with van der Waals surface area (Å²) < 4.78 is 11.8. The maximum atomic E-state index is 13.0. The molecule has 10 heteroatoms. The number of carbonyl (C=O) groups excluding carboxylic acids is 2. The summed E-state index contributed by atoms with van der Waals surface area (Å²) in [6.45, 7) is 13.7. The summed E-state index contributed by atoms with van der Waals surface area (Å²) in [7, 11) is 0. The number of carboxylic acids is 3. The second-order valence-electron chi connectivity index (χ2n) is 17.6. The Morgan fingerprint density at radius 3 is 2.00 bits per heavy atom. The van der Waals surface area contributed by atoms with E-state index in [1.807, 2.05) is 6.92 Å². The molecule has 0 bridgehead atoms. The van der Waals surface area contributed by atoms with Gasteiger partial charge in [0, 0.05) is 5.41 Å². The molecule has 3 N–H and O–H groups in total. The second kappa shape index (κ2) is 12.4. The molecule has 0 spiro atoms. The van der Waals surface area contributed by atoms with Crippen molar-refractivity contribution >= 4 is 29.8 Å². The molecule has 0 aromatic carbocycles. The molecule has 0 saturated heterocycles. The van der Waals surface area contributed by atoms with E-state index in [-0.39, 0.29) is 71.7 Å². The molecule has 1 unspecified atom stereocenters. The Morgan fingerprint density at radius 1 is 0.750 bits per heavy atom. The van der Waals surface area contributed by atoms with Gasteiger partial charge in [0.1, 0.15) is 12.7 Å². The van der Waals surface area contributed by atoms with E-state index in [1.165, 1.54) is 5.57 Å². The van der Waals surface area contributed by atoms with Gasteiger partial charge in [-0.2, -0.15) is 0 Å². The van der Waals surface area contributed by atoms with Crippen molar-refractivity contribution in [2.45, 2.75) is 138 Å². The van der Waals surface area contributed by atoms with Crippen molar-refractivity contribution in [2.75, 3.05) is 6.61 Å². The molecular formula is C38H56O10. The molecule has 4 saturated carbocycles. The van der Waals surface area contributed by atoms with E-state index in [9.17, 15) is 29.1 Å². The summed E-state index contributed by atoms with van der Waals surface area (Å²) in [5.74, 6) is -3.74. The molecule has 0 aromatic heterocycles. The molecule has 4 fully saturated rings. The summed E-state index contributed by atoms with van der Waals surface area (Å²) >= 11 is 0. The number of fused-ring (bicyclic) bond motifs is 7. The van der Waals surface area contributed by atoms with E-state index in [2.05, 4.69) is 40.7 Å². The molecule has 9 atom stereocenters. The largest absolute Gasteiger partial charge is 0.481 e. The predicted molar refractivity (Wildman–Crippen MR) is 176 cm³/mol. The lowest BCUT2D eigenvalue weighted by molar-refractivity contribution is -0.227. The van der Waals surface area contributed by atoms with Gasteiger partial charge in [-0.1, -0.05) is 53.2 Å². The minimum Gasteiger partial charge on any atom is -0.481 e. The van der Waals surface area contributed by atoms with E-state index >= 15 is 0 Å². The first-order valence-corrected chi connectivity index (χ1v) is 18.0. The van der Waals surface area contributed by atoms with Crippen LogP contribution in [0.15, 0.2) is 11.6 Å². The normalized spacial score (nSPS) is 41.2. The molecule has 5 rings (SSSR count). The smallest absolute Gasteiger partial charge is 0.310 e. The molecule has 5 aliphatic carbocycles. The molecule has 0 radical (unpaired) electrons. The zero-order valence-corrected chi connectivity index (χ0v) is 29.7. The number of allylic oxidation sites excluding steroid dienone is 2. The maximum absolute atomic E-state index is 13.0. The average Bonchev–Trinajstić information content (AvgIpc) is 2.99. The SMILES string of the molecule is CC1(C)CC[C@]2(C(=O)O)CC[C@]3(C)C(=CC[C@@H]4[C@@]5(C)CC[C@H](OC(=O)CCC(=O)O)C(C)(COC(=O)CCC(=O)O)[C@@H]5CC[C@]43C)[C@@H]2C1. The van der Waals surface area contributed by atoms with Gasteiger partial charge in [0.05, 0.1) is 31.1 Å². The summed E-state index contributed by atoms with van der Waals surface area (Å²) in [6, 6.07) is 0. The molecule has 48 heavy (non-hydrogen) atoms. The number of ether oxygens (including phenoxy) is 2. The molecule has 5 aliphatic rings. The maximum Gasteiger partial charge on any atom is 0.310 e. The Balaban J connectivity index is 1.49. The van der Waals surface area contributed by atoms with Crippen LogP contribution in [0.1, 0.15) is 131 Å². The van der Waals surface area contributed by atoms with Crippen LogP contribution in [0.5, 0.6) is 0 Å². The first kappa shape index (κ1) is 36.4. The zero-order valence-electron chi connectivity index (χ0n) is 29.7. The third-order valence-corrected chi connectivity index (χ3v) is 14.7. The van der Waals surface area contributed by atoms with Crippen LogP contribution in [0.3, 0.4) is 0 Å². The van der Waals surface area contributed by atoms with E-state index < -0.39 is 46.8 Å². The van der Waals surface area contributed by atoms with Gasteiger partial charge in [0.15, 0.2) is 0 Å². The van der Waals surface area contributed by atoms with Gasteiger partial charge in [-0.25, -0.2) is 0 Å². The van der Waals surface area contributed by atoms with Crippen LogP contribution in [0.4, 0.5) is 0 Å². The Bertz CT molecular complexity index is 1380. The topological polar surface area (TPSA) is 164 Å². The third-order valence-electron chi connectivity index (χ3n) is 14.7. The van der Waals surface area contributed by atoms with Gasteiger partial charge in [0.2, 0.25) is 0 Å². The minimum atomic E-state index is -1.08. The van der Waals surface area contributed by atoms with Crippen LogP contribution in [0.2, 0.25) is 0 Å². The van der Waals surface area contributed by atoms with E-state index in [0.717, 1.165) is 44.9 Å². The van der Waals surface area contributed by atoms with E-state index in [0.29, 0.717) is 19.3 Å². The number of hydrogen-bond donors (Lipinski definition) is 3. The zero-order chi connectivity index (χ0) is 35.5. The lowest BCUT2D eigenvalue weighted by atomic mass is 9.33. The van der Waals surface area contributed by atoms with Crippen molar-refractivity contribution in [2.24, 2.45) is 50.2 Å². The highest BCUT2D eigenvalue weighted by Crippen LogP contribution is 2.76. The average molecular weight is 673 g/mol. The summed E-state index contributed by atoms with van der Waals surface area (Å²) in [4.78, 5) is 60.8. The van der Waals surface area contributed by atoms with Crippen molar-refractivity contribution in [1.29, 1.82) is 0 Å². The quantitative estimate of drug-likeness (QED) is 0.162. The van der Waals surface area contributed by atoms with Gasteiger partial charge < -0.3 is 24.8 Å². The molecular weight excluding hydrogens is 616 g/mol. The van der Waals surface area contributed by atoms with Crippen LogP contribution in [0.25, 0.3) is 0 Å². The van der Waals surface area contributed by atoms with Crippen LogP contribution in [-0.2, 0) is 33.4 Å². The van der Waals surface area contributed by atoms with Crippen LogP contribution >= 0.6 is 0 Å². The highest BCUT2D eigenvalue weighted by atomic mass is 16.6. The fourth-order valence-electron chi connectivity index (χ4n) is 11.8.